The molecular weight excluding hydrogens is 391 g/mol. The molecule has 0 bridgehead atoms. The number of anilines is 1. The number of rotatable bonds is 6. The molecule has 0 saturated carbocycles. The van der Waals surface area contributed by atoms with Gasteiger partial charge >= 0.3 is 0 Å². The van der Waals surface area contributed by atoms with Crippen LogP contribution in [0.1, 0.15) is 12.2 Å². The molecule has 0 saturated heterocycles. The average Bonchev–Trinajstić information content (AvgIpc) is 3.21. The van der Waals surface area contributed by atoms with Crippen LogP contribution in [-0.4, -0.2) is 18.2 Å². The van der Waals surface area contributed by atoms with Gasteiger partial charge in [0.15, 0.2) is 5.43 Å². The van der Waals surface area contributed by atoms with E-state index in [-0.39, 0.29) is 34.5 Å². The second kappa shape index (κ2) is 8.20. The maximum atomic E-state index is 14.0. The van der Waals surface area contributed by atoms with Crippen LogP contribution in [0.2, 0.25) is 0 Å². The Bertz CT molecular complexity index is 1280. The van der Waals surface area contributed by atoms with Crippen LogP contribution >= 0.6 is 0 Å². The zero-order valence-electron chi connectivity index (χ0n) is 16.0. The van der Waals surface area contributed by atoms with E-state index in [2.05, 4.69) is 10.5 Å². The lowest BCUT2D eigenvalue weighted by atomic mass is 10.1. The maximum absolute atomic E-state index is 14.0. The maximum Gasteiger partial charge on any atom is 0.254 e. The number of carbonyl (C=O) groups is 1. The Balaban J connectivity index is 1.51. The van der Waals surface area contributed by atoms with Gasteiger partial charge in [-0.2, -0.15) is 0 Å². The van der Waals surface area contributed by atoms with Crippen molar-refractivity contribution in [3.63, 3.8) is 0 Å². The smallest absolute Gasteiger partial charge is 0.254 e. The van der Waals surface area contributed by atoms with Crippen LogP contribution in [0.5, 0.6) is 5.88 Å². The zero-order chi connectivity index (χ0) is 21.1. The van der Waals surface area contributed by atoms with Crippen LogP contribution in [-0.2, 0) is 11.2 Å². The van der Waals surface area contributed by atoms with E-state index in [1.807, 2.05) is 0 Å². The van der Waals surface area contributed by atoms with Gasteiger partial charge in [-0.1, -0.05) is 12.1 Å². The largest absolute Gasteiger partial charge is 0.479 e. The fourth-order valence-electron chi connectivity index (χ4n) is 3.00. The highest BCUT2D eigenvalue weighted by molar-refractivity contribution is 5.93. The molecule has 0 fully saturated rings. The van der Waals surface area contributed by atoms with Gasteiger partial charge in [-0.15, -0.1) is 0 Å². The Labute approximate surface area is 170 Å². The number of ether oxygens (including phenoxy) is 1. The summed E-state index contributed by atoms with van der Waals surface area (Å²) in [5.41, 5.74) is 0.624. The number of benzene rings is 2. The standard InChI is InChI=1S/C22H17FN2O5/c1-28-22-11-14(30-25-22)7-9-21(27)24-13-6-8-19-16(10-13)18(26)12-20(29-19)15-4-2-3-5-17(15)23/h2-6,8,10-12H,7,9H2,1H3,(H,24,27). The summed E-state index contributed by atoms with van der Waals surface area (Å²) < 4.78 is 29.7. The SMILES string of the molecule is COc1cc(CCC(=O)Nc2ccc3oc(-c4ccccc4F)cc(=O)c3c2)on1. The molecule has 0 aliphatic carbocycles. The van der Waals surface area contributed by atoms with Crippen molar-refractivity contribution in [1.82, 2.24) is 5.16 Å². The van der Waals surface area contributed by atoms with Crippen LogP contribution in [0.3, 0.4) is 0 Å². The Morgan fingerprint density at radius 3 is 2.77 bits per heavy atom. The van der Waals surface area contributed by atoms with Gasteiger partial charge in [0.2, 0.25) is 5.91 Å². The number of hydrogen-bond acceptors (Lipinski definition) is 6. The van der Waals surface area contributed by atoms with Gasteiger partial charge in [0.05, 0.1) is 18.1 Å². The third-order valence-corrected chi connectivity index (χ3v) is 4.50. The van der Waals surface area contributed by atoms with Crippen molar-refractivity contribution in [2.24, 2.45) is 0 Å². The summed E-state index contributed by atoms with van der Waals surface area (Å²) in [5.74, 6) is 0.290. The van der Waals surface area contributed by atoms with E-state index in [4.69, 9.17) is 13.7 Å². The Morgan fingerprint density at radius 2 is 2.00 bits per heavy atom. The number of methoxy groups -OCH3 is 1. The number of hydrogen-bond donors (Lipinski definition) is 1. The lowest BCUT2D eigenvalue weighted by Crippen LogP contribution is -2.12. The predicted molar refractivity (Wildman–Crippen MR) is 108 cm³/mol. The molecule has 8 heteroatoms. The summed E-state index contributed by atoms with van der Waals surface area (Å²) in [6.07, 6.45) is 0.515. The van der Waals surface area contributed by atoms with E-state index in [0.717, 1.165) is 0 Å². The molecule has 30 heavy (non-hydrogen) atoms. The molecule has 0 aliphatic heterocycles. The molecule has 0 spiro atoms. The van der Waals surface area contributed by atoms with Gasteiger partial charge in [-0.3, -0.25) is 9.59 Å². The third-order valence-electron chi connectivity index (χ3n) is 4.50. The second-order valence-electron chi connectivity index (χ2n) is 6.55. The topological polar surface area (TPSA) is 94.6 Å². The number of carbonyl (C=O) groups excluding carboxylic acids is 1. The van der Waals surface area contributed by atoms with Crippen LogP contribution in [0.25, 0.3) is 22.3 Å². The third kappa shape index (κ3) is 4.07. The fraction of sp³-hybridized carbons (Fsp3) is 0.136. The highest BCUT2D eigenvalue weighted by Gasteiger charge is 2.12. The summed E-state index contributed by atoms with van der Waals surface area (Å²) in [6, 6.07) is 13.6. The minimum atomic E-state index is -0.478. The molecule has 152 valence electrons. The predicted octanol–water partition coefficient (Wildman–Crippen LogP) is 4.17. The molecule has 2 aromatic heterocycles. The molecule has 2 heterocycles. The molecule has 0 aliphatic rings. The van der Waals surface area contributed by atoms with Gasteiger partial charge in [0, 0.05) is 30.7 Å². The normalized spacial score (nSPS) is 10.9. The van der Waals surface area contributed by atoms with Crippen LogP contribution in [0, 0.1) is 5.82 Å². The Hall–Kier alpha value is -3.94. The number of aromatic nitrogens is 1. The first-order chi connectivity index (χ1) is 14.5. The molecule has 0 radical (unpaired) electrons. The van der Waals surface area contributed by atoms with Crippen molar-refractivity contribution in [2.75, 3.05) is 12.4 Å². The lowest BCUT2D eigenvalue weighted by Gasteiger charge is -2.07. The molecule has 4 aromatic rings. The quantitative estimate of drug-likeness (QED) is 0.515. The Kier molecular flexibility index (Phi) is 5.30. The van der Waals surface area contributed by atoms with Gasteiger partial charge in [0.1, 0.15) is 22.9 Å². The number of nitrogens with zero attached hydrogens (tertiary/aromatic N) is 1. The molecular formula is C22H17FN2O5. The lowest BCUT2D eigenvalue weighted by molar-refractivity contribution is -0.116. The molecule has 2 aromatic carbocycles. The minimum Gasteiger partial charge on any atom is -0.479 e. The first-order valence-electron chi connectivity index (χ1n) is 9.16. The number of amides is 1. The van der Waals surface area contributed by atoms with Crippen molar-refractivity contribution in [2.45, 2.75) is 12.8 Å². The summed E-state index contributed by atoms with van der Waals surface area (Å²) in [4.78, 5) is 24.7. The summed E-state index contributed by atoms with van der Waals surface area (Å²) >= 11 is 0. The van der Waals surface area contributed by atoms with Gasteiger partial charge in [-0.25, -0.2) is 4.39 Å². The average molecular weight is 408 g/mol. The number of nitrogens with one attached hydrogen (secondary N) is 1. The van der Waals surface area contributed by atoms with Crippen molar-refractivity contribution >= 4 is 22.6 Å². The van der Waals surface area contributed by atoms with Gasteiger partial charge < -0.3 is 19.0 Å². The van der Waals surface area contributed by atoms with Crippen LogP contribution in [0.15, 0.2) is 68.3 Å². The van der Waals surface area contributed by atoms with Gasteiger partial charge in [-0.05, 0) is 35.5 Å². The first-order valence-corrected chi connectivity index (χ1v) is 9.16. The van der Waals surface area contributed by atoms with E-state index < -0.39 is 5.82 Å². The molecule has 0 atom stereocenters. The van der Waals surface area contributed by atoms with Crippen molar-refractivity contribution in [3.8, 4) is 17.2 Å². The molecule has 4 rings (SSSR count). The van der Waals surface area contributed by atoms with E-state index in [0.29, 0.717) is 29.3 Å². The monoisotopic (exact) mass is 408 g/mol. The van der Waals surface area contributed by atoms with Crippen LogP contribution < -0.4 is 15.5 Å². The summed E-state index contributed by atoms with van der Waals surface area (Å²) in [5, 5.41) is 6.70. The number of fused-ring (bicyclic) bond motifs is 1. The molecule has 1 N–H and O–H groups in total. The van der Waals surface area contributed by atoms with Gasteiger partial charge in [0.25, 0.3) is 5.88 Å². The second-order valence-corrected chi connectivity index (χ2v) is 6.55. The number of halogens is 1. The number of aryl methyl sites for hydroxylation is 1. The highest BCUT2D eigenvalue weighted by atomic mass is 19.1. The Morgan fingerprint density at radius 1 is 1.17 bits per heavy atom. The van der Waals surface area contributed by atoms with Crippen molar-refractivity contribution < 1.29 is 22.9 Å². The summed E-state index contributed by atoms with van der Waals surface area (Å²) in [6.45, 7) is 0. The first kappa shape index (κ1) is 19.4. The van der Waals surface area contributed by atoms with E-state index >= 15 is 0 Å². The molecule has 1 amide bonds. The van der Waals surface area contributed by atoms with E-state index in [1.54, 1.807) is 30.3 Å². The zero-order valence-corrected chi connectivity index (χ0v) is 16.0. The van der Waals surface area contributed by atoms with Crippen molar-refractivity contribution in [1.29, 1.82) is 0 Å². The minimum absolute atomic E-state index is 0.143. The molecule has 7 nitrogen and oxygen atoms in total. The van der Waals surface area contributed by atoms with Crippen molar-refractivity contribution in [3.05, 3.63) is 76.4 Å². The summed E-state index contributed by atoms with van der Waals surface area (Å²) in [7, 11) is 1.48. The van der Waals surface area contributed by atoms with Crippen LogP contribution in [0.4, 0.5) is 10.1 Å². The molecule has 0 unspecified atom stereocenters. The highest BCUT2D eigenvalue weighted by Crippen LogP contribution is 2.26. The van der Waals surface area contributed by atoms with E-state index in [9.17, 15) is 14.0 Å². The fourth-order valence-corrected chi connectivity index (χ4v) is 3.00. The van der Waals surface area contributed by atoms with E-state index in [1.165, 1.54) is 31.4 Å².